The molecule has 2 heterocycles. The molecule has 178 valence electrons. The molecule has 1 aromatic rings. The molecule has 2 fully saturated rings. The summed E-state index contributed by atoms with van der Waals surface area (Å²) < 4.78 is 5.52. The highest BCUT2D eigenvalue weighted by Gasteiger charge is 2.38. The number of nitrogens with two attached hydrogens (primary N) is 1. The van der Waals surface area contributed by atoms with Crippen LogP contribution in [-0.2, 0) is 11.2 Å². The van der Waals surface area contributed by atoms with Crippen LogP contribution in [0.4, 0.5) is 0 Å². The van der Waals surface area contributed by atoms with Crippen LogP contribution in [0.25, 0.3) is 0 Å². The first-order valence-corrected chi connectivity index (χ1v) is 11.9. The summed E-state index contributed by atoms with van der Waals surface area (Å²) in [5, 5.41) is 27.3. The topological polar surface area (TPSA) is 140 Å². The number of piperazine rings is 1. The SMILES string of the molecule is N=C(N)N1CCN(C2CCC(CC(=O)C[C@H]3Cc4cccc(C(=O)O)c4OB3O)CC2)CC1. The Labute approximate surface area is 194 Å². The van der Waals surface area contributed by atoms with Crippen LogP contribution in [0.5, 0.6) is 5.75 Å². The van der Waals surface area contributed by atoms with Crippen molar-refractivity contribution in [2.24, 2.45) is 11.7 Å². The minimum absolute atomic E-state index is 0.0378. The minimum atomic E-state index is -1.17. The first-order chi connectivity index (χ1) is 15.8. The lowest BCUT2D eigenvalue weighted by molar-refractivity contribution is -0.120. The number of Topliss-reactive ketones (excluding diaryl/α,β-unsaturated/α-hetero) is 1. The van der Waals surface area contributed by atoms with E-state index in [-0.39, 0.29) is 35.3 Å². The number of hydrogen-bond acceptors (Lipinski definition) is 6. The van der Waals surface area contributed by atoms with Crippen LogP contribution < -0.4 is 10.4 Å². The maximum atomic E-state index is 12.8. The number of ketones is 1. The van der Waals surface area contributed by atoms with Crippen LogP contribution in [0.1, 0.15) is 54.4 Å². The van der Waals surface area contributed by atoms with Gasteiger partial charge in [-0.15, -0.1) is 0 Å². The number of nitrogens with one attached hydrogen (secondary N) is 1. The van der Waals surface area contributed by atoms with Gasteiger partial charge in [-0.3, -0.25) is 15.1 Å². The van der Waals surface area contributed by atoms with Crippen LogP contribution in [0, 0.1) is 11.3 Å². The van der Waals surface area contributed by atoms with Gasteiger partial charge in [0.05, 0.1) is 5.56 Å². The maximum absolute atomic E-state index is 12.8. The number of carboxylic acids is 1. The molecule has 33 heavy (non-hydrogen) atoms. The average molecular weight is 456 g/mol. The predicted octanol–water partition coefficient (Wildman–Crippen LogP) is 1.59. The predicted molar refractivity (Wildman–Crippen MR) is 125 cm³/mol. The molecular weight excluding hydrogens is 423 g/mol. The van der Waals surface area contributed by atoms with Crippen molar-refractivity contribution in [3.05, 3.63) is 29.3 Å². The monoisotopic (exact) mass is 456 g/mol. The molecule has 4 rings (SSSR count). The van der Waals surface area contributed by atoms with Crippen molar-refractivity contribution in [1.29, 1.82) is 5.41 Å². The Balaban J connectivity index is 1.24. The van der Waals surface area contributed by atoms with E-state index >= 15 is 0 Å². The Morgan fingerprint density at radius 1 is 1.12 bits per heavy atom. The summed E-state index contributed by atoms with van der Waals surface area (Å²) >= 11 is 0. The van der Waals surface area contributed by atoms with E-state index in [9.17, 15) is 19.7 Å². The molecule has 3 aliphatic rings. The molecule has 1 saturated carbocycles. The normalized spacial score (nSPS) is 25.8. The van der Waals surface area contributed by atoms with E-state index < -0.39 is 13.1 Å². The Kier molecular flexibility index (Phi) is 7.24. The van der Waals surface area contributed by atoms with Gasteiger partial charge >= 0.3 is 13.1 Å². The van der Waals surface area contributed by atoms with Gasteiger partial charge in [-0.05, 0) is 49.7 Å². The van der Waals surface area contributed by atoms with Crippen LogP contribution in [0.2, 0.25) is 5.82 Å². The van der Waals surface area contributed by atoms with Crippen LogP contribution in [-0.4, -0.2) is 77.0 Å². The third-order valence-electron chi connectivity index (χ3n) is 7.44. The molecule has 0 radical (unpaired) electrons. The number of para-hydroxylation sites is 1. The summed E-state index contributed by atoms with van der Waals surface area (Å²) in [7, 11) is -1.17. The lowest BCUT2D eigenvalue weighted by Gasteiger charge is -2.42. The van der Waals surface area contributed by atoms with Gasteiger partial charge in [0.25, 0.3) is 0 Å². The number of benzene rings is 1. The van der Waals surface area contributed by atoms with E-state index in [1.165, 1.54) is 6.07 Å². The van der Waals surface area contributed by atoms with Crippen molar-refractivity contribution < 1.29 is 24.4 Å². The highest BCUT2D eigenvalue weighted by atomic mass is 16.5. The minimum Gasteiger partial charge on any atom is -0.535 e. The van der Waals surface area contributed by atoms with Crippen molar-refractivity contribution in [2.75, 3.05) is 26.2 Å². The lowest BCUT2D eigenvalue weighted by atomic mass is 9.64. The second-order valence-electron chi connectivity index (χ2n) is 9.60. The number of aromatic carboxylic acids is 1. The first-order valence-electron chi connectivity index (χ1n) is 11.9. The van der Waals surface area contributed by atoms with E-state index in [1.807, 2.05) is 4.90 Å². The number of carbonyl (C=O) groups excluding carboxylic acids is 1. The van der Waals surface area contributed by atoms with E-state index in [0.29, 0.717) is 24.8 Å². The van der Waals surface area contributed by atoms with E-state index in [0.717, 1.165) is 57.4 Å². The number of guanidine groups is 1. The Morgan fingerprint density at radius 3 is 2.45 bits per heavy atom. The van der Waals surface area contributed by atoms with E-state index in [1.54, 1.807) is 12.1 Å². The zero-order valence-corrected chi connectivity index (χ0v) is 18.9. The zero-order chi connectivity index (χ0) is 23.5. The van der Waals surface area contributed by atoms with Crippen LogP contribution in [0.3, 0.4) is 0 Å². The summed E-state index contributed by atoms with van der Waals surface area (Å²) in [5.74, 6) is -0.577. The van der Waals surface area contributed by atoms with E-state index in [4.69, 9.17) is 15.8 Å². The molecule has 0 spiro atoms. The van der Waals surface area contributed by atoms with Gasteiger partial charge in [0.2, 0.25) is 0 Å². The summed E-state index contributed by atoms with van der Waals surface area (Å²) in [6.45, 7) is 3.46. The van der Waals surface area contributed by atoms with Crippen LogP contribution >= 0.6 is 0 Å². The molecule has 1 aliphatic carbocycles. The van der Waals surface area contributed by atoms with Crippen molar-refractivity contribution in [2.45, 2.75) is 56.8 Å². The van der Waals surface area contributed by atoms with Gasteiger partial charge in [0, 0.05) is 50.9 Å². The number of carbonyl (C=O) groups is 2. The quantitative estimate of drug-likeness (QED) is 0.288. The second kappa shape index (κ2) is 10.1. The molecule has 0 unspecified atom stereocenters. The van der Waals surface area contributed by atoms with Gasteiger partial charge in [0.15, 0.2) is 5.96 Å². The van der Waals surface area contributed by atoms with Gasteiger partial charge in [0.1, 0.15) is 11.5 Å². The average Bonchev–Trinajstić information content (AvgIpc) is 2.79. The molecule has 10 heteroatoms. The molecule has 5 N–H and O–H groups in total. The fourth-order valence-electron chi connectivity index (χ4n) is 5.57. The Hall–Kier alpha value is -2.59. The molecular formula is C23H33BN4O5. The summed E-state index contributed by atoms with van der Waals surface area (Å²) in [5.41, 5.74) is 6.35. The number of hydrogen-bond donors (Lipinski definition) is 4. The molecule has 1 aromatic carbocycles. The molecule has 0 bridgehead atoms. The lowest BCUT2D eigenvalue weighted by Crippen LogP contribution is -2.54. The molecule has 1 atom stereocenters. The molecule has 0 amide bonds. The Bertz CT molecular complexity index is 897. The van der Waals surface area contributed by atoms with Crippen molar-refractivity contribution in [3.63, 3.8) is 0 Å². The summed E-state index contributed by atoms with van der Waals surface area (Å²) in [6, 6.07) is 5.46. The van der Waals surface area contributed by atoms with Crippen molar-refractivity contribution in [3.8, 4) is 5.75 Å². The smallest absolute Gasteiger partial charge is 0.526 e. The zero-order valence-electron chi connectivity index (χ0n) is 18.9. The summed E-state index contributed by atoms with van der Waals surface area (Å²) in [6.07, 6.45) is 5.41. The van der Waals surface area contributed by atoms with Crippen LogP contribution in [0.15, 0.2) is 18.2 Å². The van der Waals surface area contributed by atoms with Gasteiger partial charge in [-0.25, -0.2) is 4.79 Å². The van der Waals surface area contributed by atoms with Gasteiger partial charge < -0.3 is 25.4 Å². The third kappa shape index (κ3) is 5.50. The second-order valence-corrected chi connectivity index (χ2v) is 9.60. The number of nitrogens with zero attached hydrogens (tertiary/aromatic N) is 2. The van der Waals surface area contributed by atoms with E-state index in [2.05, 4.69) is 4.90 Å². The highest BCUT2D eigenvalue weighted by Crippen LogP contribution is 2.37. The molecule has 2 aliphatic heterocycles. The maximum Gasteiger partial charge on any atom is 0.526 e. The van der Waals surface area contributed by atoms with Gasteiger partial charge in [-0.2, -0.15) is 0 Å². The van der Waals surface area contributed by atoms with Crippen molar-refractivity contribution in [1.82, 2.24) is 9.80 Å². The fourth-order valence-corrected chi connectivity index (χ4v) is 5.57. The number of fused-ring (bicyclic) bond motifs is 1. The number of rotatable bonds is 6. The number of carboxylic acid groups (broad SMARTS) is 1. The molecule has 0 aromatic heterocycles. The largest absolute Gasteiger partial charge is 0.535 e. The summed E-state index contributed by atoms with van der Waals surface area (Å²) in [4.78, 5) is 28.6. The Morgan fingerprint density at radius 2 is 1.82 bits per heavy atom. The van der Waals surface area contributed by atoms with Gasteiger partial charge in [-0.1, -0.05) is 12.1 Å². The molecule has 1 saturated heterocycles. The van der Waals surface area contributed by atoms with Crippen molar-refractivity contribution >= 4 is 24.8 Å². The molecule has 9 nitrogen and oxygen atoms in total. The first kappa shape index (κ1) is 23.6. The highest BCUT2D eigenvalue weighted by molar-refractivity contribution is 6.47. The standard InChI is InChI=1S/C23H33BN4O5/c25-23(26)28-10-8-27(9-11-28)18-6-4-15(5-7-18)12-19(29)14-17-13-16-2-1-3-20(22(30)31)21(16)33-24(17)32/h1-3,15,17-18,32H,4-14H2,(H3,25,26)(H,30,31)/t15?,17-,18?/m1/s1. The third-order valence-corrected chi connectivity index (χ3v) is 7.44. The fraction of sp³-hybridized carbons (Fsp3) is 0.609.